The summed E-state index contributed by atoms with van der Waals surface area (Å²) in [7, 11) is 0. The number of hydrogen-bond donors (Lipinski definition) is 3. The summed E-state index contributed by atoms with van der Waals surface area (Å²) in [4.78, 5) is 22.7. The van der Waals surface area contributed by atoms with E-state index in [1.54, 1.807) is 5.48 Å². The van der Waals surface area contributed by atoms with Crippen LogP contribution in [-0.4, -0.2) is 27.2 Å². The molecule has 1 aromatic carbocycles. The topological polar surface area (TPSA) is 104 Å². The van der Waals surface area contributed by atoms with Crippen molar-refractivity contribution < 1.29 is 14.8 Å². The molecule has 1 aromatic heterocycles. The van der Waals surface area contributed by atoms with Crippen molar-refractivity contribution in [3.63, 3.8) is 0 Å². The van der Waals surface area contributed by atoms with Gasteiger partial charge in [0.25, 0.3) is 0 Å². The molecule has 1 heterocycles. The number of nitrogens with one attached hydrogen (secondary N) is 2. The van der Waals surface area contributed by atoms with Crippen LogP contribution in [0.1, 0.15) is 49.1 Å². The molecule has 0 saturated carbocycles. The number of carbonyl (C=O) groups excluding carboxylic acids is 2. The fraction of sp³-hybridized carbons (Fsp3) is 0.412. The zero-order valence-electron chi connectivity index (χ0n) is 13.9. The molecule has 0 aliphatic heterocycles. The Balaban J connectivity index is 1.63. The van der Waals surface area contributed by atoms with E-state index in [1.807, 2.05) is 30.3 Å². The van der Waals surface area contributed by atoms with Gasteiger partial charge >= 0.3 is 0 Å². The van der Waals surface area contributed by atoms with E-state index in [0.717, 1.165) is 29.8 Å². The number of carbonyl (C=O) groups is 2. The van der Waals surface area contributed by atoms with Gasteiger partial charge in [-0.1, -0.05) is 54.5 Å². The molecule has 0 fully saturated rings. The van der Waals surface area contributed by atoms with Crippen LogP contribution in [0.25, 0.3) is 0 Å². The van der Waals surface area contributed by atoms with Gasteiger partial charge in [0.05, 0.1) is 0 Å². The average Bonchev–Trinajstić information content (AvgIpc) is 3.05. The lowest BCUT2D eigenvalue weighted by atomic mass is 10.1. The van der Waals surface area contributed by atoms with Crippen LogP contribution in [0.4, 0.5) is 5.13 Å². The minimum absolute atomic E-state index is 0.0736. The lowest BCUT2D eigenvalue weighted by molar-refractivity contribution is -0.129. The average molecular weight is 362 g/mol. The Hall–Kier alpha value is -2.32. The van der Waals surface area contributed by atoms with Crippen molar-refractivity contribution in [2.24, 2.45) is 0 Å². The van der Waals surface area contributed by atoms with Crippen molar-refractivity contribution in [2.75, 3.05) is 5.32 Å². The van der Waals surface area contributed by atoms with Crippen molar-refractivity contribution in [2.45, 2.75) is 44.9 Å². The highest BCUT2D eigenvalue weighted by Crippen LogP contribution is 2.19. The van der Waals surface area contributed by atoms with Gasteiger partial charge in [-0.15, -0.1) is 10.2 Å². The SMILES string of the molecule is O=C(CCCCCCC(=O)Nc1nnc(Cc2ccccc2)s1)NO. The van der Waals surface area contributed by atoms with Gasteiger partial charge in [-0.05, 0) is 18.4 Å². The van der Waals surface area contributed by atoms with Gasteiger partial charge in [-0.25, -0.2) is 5.48 Å². The van der Waals surface area contributed by atoms with Gasteiger partial charge in [0, 0.05) is 19.3 Å². The number of anilines is 1. The zero-order valence-corrected chi connectivity index (χ0v) is 14.7. The Morgan fingerprint density at radius 1 is 0.960 bits per heavy atom. The first-order valence-electron chi connectivity index (χ1n) is 8.26. The Labute approximate surface area is 150 Å². The van der Waals surface area contributed by atoms with Crippen LogP contribution in [0, 0.1) is 0 Å². The van der Waals surface area contributed by atoms with E-state index < -0.39 is 0 Å². The van der Waals surface area contributed by atoms with Crippen molar-refractivity contribution in [3.05, 3.63) is 40.9 Å². The van der Waals surface area contributed by atoms with Crippen LogP contribution in [-0.2, 0) is 16.0 Å². The summed E-state index contributed by atoms with van der Waals surface area (Å²) in [6, 6.07) is 9.99. The molecule has 0 saturated heterocycles. The molecule has 0 bridgehead atoms. The highest BCUT2D eigenvalue weighted by Gasteiger charge is 2.08. The predicted octanol–water partition coefficient (Wildman–Crippen LogP) is 2.91. The molecule has 0 aliphatic carbocycles. The van der Waals surface area contributed by atoms with E-state index in [-0.39, 0.29) is 11.8 Å². The number of aromatic nitrogens is 2. The third-order valence-corrected chi connectivity index (χ3v) is 4.43. The smallest absolute Gasteiger partial charge is 0.243 e. The monoisotopic (exact) mass is 362 g/mol. The number of hydroxylamine groups is 1. The maximum Gasteiger partial charge on any atom is 0.243 e. The van der Waals surface area contributed by atoms with Crippen LogP contribution < -0.4 is 10.8 Å². The maximum absolute atomic E-state index is 11.9. The number of amides is 2. The fourth-order valence-electron chi connectivity index (χ4n) is 2.31. The van der Waals surface area contributed by atoms with Crippen molar-refractivity contribution >= 4 is 28.3 Å². The van der Waals surface area contributed by atoms with Gasteiger partial charge in [-0.2, -0.15) is 0 Å². The molecule has 0 atom stereocenters. The summed E-state index contributed by atoms with van der Waals surface area (Å²) in [6.45, 7) is 0. The van der Waals surface area contributed by atoms with Crippen molar-refractivity contribution in [3.8, 4) is 0 Å². The molecule has 0 unspecified atom stereocenters. The van der Waals surface area contributed by atoms with Gasteiger partial charge in [0.1, 0.15) is 5.01 Å². The lowest BCUT2D eigenvalue weighted by Crippen LogP contribution is -2.17. The predicted molar refractivity (Wildman–Crippen MR) is 95.4 cm³/mol. The summed E-state index contributed by atoms with van der Waals surface area (Å²) >= 11 is 1.39. The summed E-state index contributed by atoms with van der Waals surface area (Å²) in [5.41, 5.74) is 2.76. The van der Waals surface area contributed by atoms with Crippen molar-refractivity contribution in [1.29, 1.82) is 0 Å². The molecular weight excluding hydrogens is 340 g/mol. The molecule has 0 aliphatic rings. The number of rotatable bonds is 10. The molecule has 2 rings (SSSR count). The molecule has 3 N–H and O–H groups in total. The lowest BCUT2D eigenvalue weighted by Gasteiger charge is -2.02. The van der Waals surface area contributed by atoms with Gasteiger partial charge in [0.15, 0.2) is 0 Å². The highest BCUT2D eigenvalue weighted by molar-refractivity contribution is 7.15. The van der Waals surface area contributed by atoms with Gasteiger partial charge in [0.2, 0.25) is 16.9 Å². The molecule has 7 nitrogen and oxygen atoms in total. The molecular formula is C17H22N4O3S. The first-order valence-corrected chi connectivity index (χ1v) is 9.08. The molecule has 2 aromatic rings. The number of nitrogens with zero attached hydrogens (tertiary/aromatic N) is 2. The van der Waals surface area contributed by atoms with Gasteiger partial charge in [-0.3, -0.25) is 14.8 Å². The van der Waals surface area contributed by atoms with Crippen LogP contribution in [0.5, 0.6) is 0 Å². The Bertz CT molecular complexity index is 676. The molecule has 25 heavy (non-hydrogen) atoms. The Kier molecular flexibility index (Phi) is 8.00. The second-order valence-corrected chi connectivity index (χ2v) is 6.72. The third-order valence-electron chi connectivity index (χ3n) is 3.59. The van der Waals surface area contributed by atoms with E-state index in [1.165, 1.54) is 11.3 Å². The van der Waals surface area contributed by atoms with Crippen LogP contribution in [0.2, 0.25) is 0 Å². The number of hydrogen-bond acceptors (Lipinski definition) is 6. The minimum Gasteiger partial charge on any atom is -0.301 e. The number of unbranched alkanes of at least 4 members (excludes halogenated alkanes) is 3. The van der Waals surface area contributed by atoms with E-state index >= 15 is 0 Å². The minimum atomic E-state index is -0.375. The van der Waals surface area contributed by atoms with Gasteiger partial charge < -0.3 is 5.32 Å². The quantitative estimate of drug-likeness (QED) is 0.342. The Morgan fingerprint density at radius 3 is 2.32 bits per heavy atom. The number of benzene rings is 1. The van der Waals surface area contributed by atoms with Crippen molar-refractivity contribution in [1.82, 2.24) is 15.7 Å². The summed E-state index contributed by atoms with van der Waals surface area (Å²) in [5, 5.41) is 20.6. The van der Waals surface area contributed by atoms with Crippen LogP contribution >= 0.6 is 11.3 Å². The summed E-state index contributed by atoms with van der Waals surface area (Å²) in [6.07, 6.45) is 4.59. The summed E-state index contributed by atoms with van der Waals surface area (Å²) < 4.78 is 0. The second kappa shape index (κ2) is 10.5. The first-order chi connectivity index (χ1) is 12.2. The molecule has 134 valence electrons. The first kappa shape index (κ1) is 19.0. The molecule has 2 amide bonds. The highest BCUT2D eigenvalue weighted by atomic mass is 32.1. The molecule has 8 heteroatoms. The van der Waals surface area contributed by atoms with Crippen LogP contribution in [0.3, 0.4) is 0 Å². The Morgan fingerprint density at radius 2 is 1.64 bits per heavy atom. The van der Waals surface area contributed by atoms with E-state index in [0.29, 0.717) is 30.8 Å². The zero-order chi connectivity index (χ0) is 17.9. The second-order valence-electron chi connectivity index (χ2n) is 5.66. The summed E-state index contributed by atoms with van der Waals surface area (Å²) in [5.74, 6) is -0.448. The normalized spacial score (nSPS) is 10.4. The third kappa shape index (κ3) is 7.40. The standard InChI is InChI=1S/C17H22N4O3S/c22-14(10-6-1-2-7-11-15(23)21-24)18-17-20-19-16(25-17)12-13-8-4-3-5-9-13/h3-5,8-9,24H,1-2,6-7,10-12H2,(H,21,23)(H,18,20,22). The van der Waals surface area contributed by atoms with E-state index in [9.17, 15) is 9.59 Å². The molecule has 0 radical (unpaired) electrons. The van der Waals surface area contributed by atoms with E-state index in [2.05, 4.69) is 15.5 Å². The fourth-order valence-corrected chi connectivity index (χ4v) is 3.10. The largest absolute Gasteiger partial charge is 0.301 e. The van der Waals surface area contributed by atoms with Crippen LogP contribution in [0.15, 0.2) is 30.3 Å². The van der Waals surface area contributed by atoms with E-state index in [4.69, 9.17) is 5.21 Å². The maximum atomic E-state index is 11.9. The molecule has 0 spiro atoms.